The minimum absolute atomic E-state index is 0.0254. The van der Waals surface area contributed by atoms with Crippen molar-refractivity contribution < 1.29 is 22.7 Å². The van der Waals surface area contributed by atoms with Crippen LogP contribution in [-0.4, -0.2) is 22.2 Å². The molecular formula is C21H18Cl2F3N3O2. The van der Waals surface area contributed by atoms with Crippen LogP contribution in [0.2, 0.25) is 10.0 Å². The Morgan fingerprint density at radius 2 is 1.77 bits per heavy atom. The molecule has 164 valence electrons. The van der Waals surface area contributed by atoms with Crippen LogP contribution < -0.4 is 10.5 Å². The lowest BCUT2D eigenvalue weighted by molar-refractivity contribution is -0.137. The summed E-state index contributed by atoms with van der Waals surface area (Å²) in [5.74, 6) is -0.664. The molecule has 0 aliphatic rings. The summed E-state index contributed by atoms with van der Waals surface area (Å²) >= 11 is 12.2. The van der Waals surface area contributed by atoms with Crippen LogP contribution >= 0.6 is 23.2 Å². The van der Waals surface area contributed by atoms with Crippen molar-refractivity contribution >= 4 is 34.8 Å². The average molecular weight is 472 g/mol. The van der Waals surface area contributed by atoms with E-state index in [0.717, 1.165) is 27.9 Å². The van der Waals surface area contributed by atoms with E-state index in [-0.39, 0.29) is 39.6 Å². The quantitative estimate of drug-likeness (QED) is 0.461. The molecule has 2 N–H and O–H groups in total. The van der Waals surface area contributed by atoms with Gasteiger partial charge < -0.3 is 10.5 Å². The Morgan fingerprint density at radius 3 is 2.32 bits per heavy atom. The number of anilines is 1. The molecule has 10 heteroatoms. The molecule has 1 heterocycles. The second-order valence-electron chi connectivity index (χ2n) is 6.84. The molecule has 0 unspecified atom stereocenters. The molecule has 0 atom stereocenters. The van der Waals surface area contributed by atoms with E-state index in [0.29, 0.717) is 5.56 Å². The minimum Gasteiger partial charge on any atom is -0.476 e. The molecule has 0 aliphatic heterocycles. The number of halogens is 5. The summed E-state index contributed by atoms with van der Waals surface area (Å²) < 4.78 is 45.7. The van der Waals surface area contributed by atoms with Crippen LogP contribution in [0.5, 0.6) is 5.88 Å². The highest BCUT2D eigenvalue weighted by molar-refractivity contribution is 6.38. The van der Waals surface area contributed by atoms with Crippen LogP contribution in [0.15, 0.2) is 30.3 Å². The summed E-state index contributed by atoms with van der Waals surface area (Å²) in [6.07, 6.45) is -4.64. The fourth-order valence-electron chi connectivity index (χ4n) is 3.08. The first-order valence-electron chi connectivity index (χ1n) is 9.15. The number of aromatic nitrogens is 2. The number of hydrogen-bond donors (Lipinski definition) is 1. The van der Waals surface area contributed by atoms with Crippen molar-refractivity contribution in [2.45, 2.75) is 26.9 Å². The topological polar surface area (TPSA) is 70.1 Å². The zero-order valence-corrected chi connectivity index (χ0v) is 18.3. The van der Waals surface area contributed by atoms with Gasteiger partial charge in [-0.05, 0) is 44.5 Å². The van der Waals surface area contributed by atoms with E-state index < -0.39 is 17.5 Å². The van der Waals surface area contributed by atoms with E-state index in [1.807, 2.05) is 13.0 Å². The van der Waals surface area contributed by atoms with Gasteiger partial charge in [-0.15, -0.1) is 5.10 Å². The van der Waals surface area contributed by atoms with Gasteiger partial charge in [-0.1, -0.05) is 40.9 Å². The Labute approximate surface area is 186 Å². The molecule has 0 bridgehead atoms. The summed E-state index contributed by atoms with van der Waals surface area (Å²) in [5.41, 5.74) is 7.07. The molecule has 0 saturated carbocycles. The lowest BCUT2D eigenvalue weighted by Gasteiger charge is -2.13. The third-order valence-corrected chi connectivity index (χ3v) is 5.17. The Kier molecular flexibility index (Phi) is 6.25. The van der Waals surface area contributed by atoms with E-state index >= 15 is 0 Å². The van der Waals surface area contributed by atoms with E-state index in [9.17, 15) is 18.0 Å². The molecule has 31 heavy (non-hydrogen) atoms. The lowest BCUT2D eigenvalue weighted by Crippen LogP contribution is -2.11. The van der Waals surface area contributed by atoms with Gasteiger partial charge in [0, 0.05) is 5.56 Å². The smallest absolute Gasteiger partial charge is 0.416 e. The number of carbonyl (C=O) groups excluding carboxylic acids is 1. The summed E-state index contributed by atoms with van der Waals surface area (Å²) in [5, 5.41) is 3.52. The van der Waals surface area contributed by atoms with Gasteiger partial charge in [0.25, 0.3) is 0 Å². The third kappa shape index (κ3) is 4.36. The zero-order valence-electron chi connectivity index (χ0n) is 16.8. The number of aryl methyl sites for hydroxylation is 2. The van der Waals surface area contributed by atoms with Crippen LogP contribution in [0, 0.1) is 13.8 Å². The number of hydrogen-bond acceptors (Lipinski definition) is 4. The molecule has 0 fully saturated rings. The van der Waals surface area contributed by atoms with Crippen molar-refractivity contribution in [1.82, 2.24) is 9.78 Å². The Balaban J connectivity index is 2.22. The minimum atomic E-state index is -4.64. The first-order chi connectivity index (χ1) is 14.5. The number of alkyl halides is 3. The second-order valence-corrected chi connectivity index (χ2v) is 7.66. The zero-order chi connectivity index (χ0) is 23.1. The van der Waals surface area contributed by atoms with Crippen LogP contribution in [-0.2, 0) is 6.18 Å². The van der Waals surface area contributed by atoms with Crippen LogP contribution in [0.3, 0.4) is 0 Å². The molecule has 0 aliphatic carbocycles. The van der Waals surface area contributed by atoms with Gasteiger partial charge in [-0.2, -0.15) is 13.2 Å². The Morgan fingerprint density at radius 1 is 1.16 bits per heavy atom. The summed E-state index contributed by atoms with van der Waals surface area (Å²) in [4.78, 5) is 13.3. The largest absolute Gasteiger partial charge is 0.476 e. The van der Waals surface area contributed by atoms with Crippen molar-refractivity contribution in [1.29, 1.82) is 0 Å². The number of nitrogen functional groups attached to an aromatic ring is 1. The number of nitrogens with zero attached hydrogens (tertiary/aromatic N) is 2. The molecule has 0 amide bonds. The maximum Gasteiger partial charge on any atom is 0.416 e. The predicted octanol–water partition coefficient (Wildman–Crippen LogP) is 6.03. The van der Waals surface area contributed by atoms with Gasteiger partial charge in [0.05, 0.1) is 22.2 Å². The number of benzene rings is 2. The first kappa shape index (κ1) is 23.0. The number of ether oxygens (including phenoxy) is 1. The highest BCUT2D eigenvalue weighted by Gasteiger charge is 2.33. The van der Waals surface area contributed by atoms with Crippen molar-refractivity contribution in [3.05, 3.63) is 68.2 Å². The highest BCUT2D eigenvalue weighted by Crippen LogP contribution is 2.40. The highest BCUT2D eigenvalue weighted by atomic mass is 35.5. The van der Waals surface area contributed by atoms with Gasteiger partial charge in [0.1, 0.15) is 17.1 Å². The fraction of sp³-hybridized carbons (Fsp3) is 0.238. The monoisotopic (exact) mass is 471 g/mol. The normalized spacial score (nSPS) is 11.6. The van der Waals surface area contributed by atoms with Crippen molar-refractivity contribution in [2.24, 2.45) is 0 Å². The van der Waals surface area contributed by atoms with E-state index in [1.165, 1.54) is 0 Å². The van der Waals surface area contributed by atoms with Crippen molar-refractivity contribution in [3.8, 4) is 11.6 Å². The number of ketones is 1. The van der Waals surface area contributed by atoms with Crippen LogP contribution in [0.1, 0.15) is 39.5 Å². The van der Waals surface area contributed by atoms with Gasteiger partial charge in [-0.25, -0.2) is 4.68 Å². The van der Waals surface area contributed by atoms with Crippen LogP contribution in [0.4, 0.5) is 19.0 Å². The Bertz CT molecular complexity index is 1150. The standard InChI is InChI=1S/C21H18Cl2F3N3O2/c1-4-31-20-16(18(30)13-7-10(2)5-6-11(13)3)19(27)29(28-20)17-14(22)8-12(9-15(17)23)21(24,25)26/h5-9H,4,27H2,1-3H3. The number of rotatable bonds is 5. The molecule has 3 rings (SSSR count). The lowest BCUT2D eigenvalue weighted by atomic mass is 9.98. The molecule has 0 spiro atoms. The molecule has 2 aromatic carbocycles. The van der Waals surface area contributed by atoms with Gasteiger partial charge in [0.2, 0.25) is 11.7 Å². The van der Waals surface area contributed by atoms with Crippen LogP contribution in [0.25, 0.3) is 5.69 Å². The SMILES string of the molecule is CCOc1nn(-c2c(Cl)cc(C(F)(F)F)cc2Cl)c(N)c1C(=O)c1cc(C)ccc1C. The van der Waals surface area contributed by atoms with Gasteiger partial charge >= 0.3 is 6.18 Å². The fourth-order valence-corrected chi connectivity index (χ4v) is 3.73. The van der Waals surface area contributed by atoms with Crippen molar-refractivity contribution in [2.75, 3.05) is 12.3 Å². The summed E-state index contributed by atoms with van der Waals surface area (Å²) in [6, 6.07) is 6.81. The summed E-state index contributed by atoms with van der Waals surface area (Å²) in [7, 11) is 0. The third-order valence-electron chi connectivity index (χ3n) is 4.59. The summed E-state index contributed by atoms with van der Waals surface area (Å²) in [6.45, 7) is 5.49. The van der Waals surface area contributed by atoms with E-state index in [2.05, 4.69) is 5.10 Å². The molecule has 1 aromatic heterocycles. The van der Waals surface area contributed by atoms with Gasteiger partial charge in [-0.3, -0.25) is 4.79 Å². The molecule has 5 nitrogen and oxygen atoms in total. The molecular weight excluding hydrogens is 454 g/mol. The predicted molar refractivity (Wildman–Crippen MR) is 114 cm³/mol. The van der Waals surface area contributed by atoms with E-state index in [1.54, 1.807) is 26.0 Å². The van der Waals surface area contributed by atoms with Crippen molar-refractivity contribution in [3.63, 3.8) is 0 Å². The average Bonchev–Trinajstić information content (AvgIpc) is 2.98. The molecule has 0 radical (unpaired) electrons. The Hall–Kier alpha value is -2.71. The number of carbonyl (C=O) groups is 1. The maximum atomic E-state index is 13.3. The molecule has 3 aromatic rings. The maximum absolute atomic E-state index is 13.3. The first-order valence-corrected chi connectivity index (χ1v) is 9.91. The van der Waals surface area contributed by atoms with E-state index in [4.69, 9.17) is 33.7 Å². The van der Waals surface area contributed by atoms with Gasteiger partial charge in [0.15, 0.2) is 0 Å². The number of nitrogens with two attached hydrogens (primary N) is 1. The molecule has 0 saturated heterocycles. The second kappa shape index (κ2) is 8.43.